The van der Waals surface area contributed by atoms with Gasteiger partial charge in [-0.1, -0.05) is 26.3 Å². The summed E-state index contributed by atoms with van der Waals surface area (Å²) in [4.78, 5) is 24.6. The second-order valence-corrected chi connectivity index (χ2v) is 7.01. The van der Waals surface area contributed by atoms with E-state index in [4.69, 9.17) is 5.11 Å². The zero-order chi connectivity index (χ0) is 14.8. The molecular weight excluding hydrogens is 274 g/mol. The zero-order valence-corrected chi connectivity index (χ0v) is 12.7. The van der Waals surface area contributed by atoms with Crippen molar-refractivity contribution in [3.05, 3.63) is 22.4 Å². The molecule has 20 heavy (non-hydrogen) atoms. The van der Waals surface area contributed by atoms with Crippen molar-refractivity contribution in [3.63, 3.8) is 0 Å². The Bertz CT molecular complexity index is 481. The molecule has 0 saturated heterocycles. The van der Waals surface area contributed by atoms with E-state index in [9.17, 15) is 9.59 Å². The van der Waals surface area contributed by atoms with E-state index < -0.39 is 11.9 Å². The average Bonchev–Trinajstić information content (AvgIpc) is 3.06. The van der Waals surface area contributed by atoms with E-state index in [1.165, 1.54) is 4.88 Å². The summed E-state index contributed by atoms with van der Waals surface area (Å²) >= 11 is 1.67. The van der Waals surface area contributed by atoms with Crippen molar-refractivity contribution in [2.24, 2.45) is 11.8 Å². The first kappa shape index (κ1) is 15.0. The van der Waals surface area contributed by atoms with Crippen LogP contribution in [0.3, 0.4) is 0 Å². The van der Waals surface area contributed by atoms with Crippen molar-refractivity contribution in [2.45, 2.75) is 38.5 Å². The molecule has 2 N–H and O–H groups in total. The minimum absolute atomic E-state index is 0.112. The summed E-state index contributed by atoms with van der Waals surface area (Å²) in [6, 6.07) is 4.06. The minimum Gasteiger partial charge on any atom is -0.481 e. The lowest BCUT2D eigenvalue weighted by Gasteiger charge is -2.25. The number of hydrogen-bond donors (Lipinski definition) is 2. The predicted molar refractivity (Wildman–Crippen MR) is 78.8 cm³/mol. The summed E-state index contributed by atoms with van der Waals surface area (Å²) in [7, 11) is 0. The fraction of sp³-hybridized carbons (Fsp3) is 0.600. The third kappa shape index (κ3) is 3.20. The quantitative estimate of drug-likeness (QED) is 0.877. The Hall–Kier alpha value is -1.36. The molecule has 2 unspecified atom stereocenters. The van der Waals surface area contributed by atoms with Gasteiger partial charge in [0.25, 0.3) is 0 Å². The Balaban J connectivity index is 1.94. The maximum atomic E-state index is 12.2. The zero-order valence-electron chi connectivity index (χ0n) is 11.9. The molecule has 2 atom stereocenters. The van der Waals surface area contributed by atoms with Gasteiger partial charge in [-0.3, -0.25) is 9.59 Å². The molecule has 1 aliphatic carbocycles. The maximum Gasteiger partial charge on any atom is 0.307 e. The number of hydrogen-bond acceptors (Lipinski definition) is 3. The van der Waals surface area contributed by atoms with Crippen LogP contribution in [0.25, 0.3) is 0 Å². The summed E-state index contributed by atoms with van der Waals surface area (Å²) in [6.45, 7) is 4.71. The Morgan fingerprint density at radius 2 is 2.10 bits per heavy atom. The second kappa shape index (κ2) is 5.95. The Morgan fingerprint density at radius 3 is 2.70 bits per heavy atom. The van der Waals surface area contributed by atoms with Crippen molar-refractivity contribution in [3.8, 4) is 0 Å². The summed E-state index contributed by atoms with van der Waals surface area (Å²) in [5, 5.41) is 14.1. The number of nitrogens with one attached hydrogen (secondary N) is 1. The molecular formula is C15H21NO3S. The van der Waals surface area contributed by atoms with Gasteiger partial charge in [0.15, 0.2) is 0 Å². The first-order valence-electron chi connectivity index (χ1n) is 6.96. The highest BCUT2D eigenvalue weighted by Gasteiger charge is 2.38. The van der Waals surface area contributed by atoms with E-state index in [-0.39, 0.29) is 17.2 Å². The van der Waals surface area contributed by atoms with Gasteiger partial charge in [0, 0.05) is 16.8 Å². The van der Waals surface area contributed by atoms with E-state index in [2.05, 4.69) is 25.2 Å². The van der Waals surface area contributed by atoms with Gasteiger partial charge in [-0.25, -0.2) is 0 Å². The Morgan fingerprint density at radius 1 is 1.40 bits per heavy atom. The van der Waals surface area contributed by atoms with Crippen LogP contribution < -0.4 is 5.32 Å². The van der Waals surface area contributed by atoms with Crippen molar-refractivity contribution < 1.29 is 14.7 Å². The largest absolute Gasteiger partial charge is 0.481 e. The number of carboxylic acid groups (broad SMARTS) is 1. The number of carbonyl (C=O) groups excluding carboxylic acids is 1. The Kier molecular flexibility index (Phi) is 4.48. The van der Waals surface area contributed by atoms with Gasteiger partial charge in [0.2, 0.25) is 5.91 Å². The molecule has 0 aliphatic heterocycles. The molecule has 1 fully saturated rings. The molecule has 0 radical (unpaired) electrons. The van der Waals surface area contributed by atoms with Crippen LogP contribution in [0.5, 0.6) is 0 Å². The van der Waals surface area contributed by atoms with Crippen LogP contribution >= 0.6 is 11.3 Å². The molecule has 1 amide bonds. The van der Waals surface area contributed by atoms with Crippen molar-refractivity contribution in [1.29, 1.82) is 0 Å². The highest BCUT2D eigenvalue weighted by Crippen LogP contribution is 2.32. The topological polar surface area (TPSA) is 66.4 Å². The van der Waals surface area contributed by atoms with Crippen molar-refractivity contribution in [2.75, 3.05) is 6.54 Å². The molecule has 1 saturated carbocycles. The third-order valence-electron chi connectivity index (χ3n) is 4.06. The van der Waals surface area contributed by atoms with Crippen molar-refractivity contribution >= 4 is 23.2 Å². The van der Waals surface area contributed by atoms with Gasteiger partial charge in [0.1, 0.15) is 0 Å². The van der Waals surface area contributed by atoms with Crippen LogP contribution in [-0.4, -0.2) is 23.5 Å². The fourth-order valence-corrected chi connectivity index (χ4v) is 3.61. The lowest BCUT2D eigenvalue weighted by Crippen LogP contribution is -2.41. The number of amides is 1. The molecule has 4 nitrogen and oxygen atoms in total. The van der Waals surface area contributed by atoms with E-state index in [0.29, 0.717) is 19.4 Å². The normalized spacial score (nSPS) is 22.7. The highest BCUT2D eigenvalue weighted by atomic mass is 32.1. The number of rotatable bonds is 5. The lowest BCUT2D eigenvalue weighted by molar-refractivity contribution is -0.146. The van der Waals surface area contributed by atoms with Gasteiger partial charge in [0.05, 0.1) is 11.8 Å². The summed E-state index contributed by atoms with van der Waals surface area (Å²) in [5.74, 6) is -1.84. The smallest absolute Gasteiger partial charge is 0.307 e. The first-order chi connectivity index (χ1) is 9.42. The summed E-state index contributed by atoms with van der Waals surface area (Å²) < 4.78 is 0. The van der Waals surface area contributed by atoms with Crippen LogP contribution in [0.15, 0.2) is 17.5 Å². The standard InChI is InChI=1S/C15H21NO3S/c1-15(2,12-7-4-8-20-12)9-16-13(17)10-5-3-6-11(10)14(18)19/h4,7-8,10-11H,3,5-6,9H2,1-2H3,(H,16,17)(H,18,19). The molecule has 2 rings (SSSR count). The molecule has 1 aromatic rings. The molecule has 110 valence electrons. The fourth-order valence-electron chi connectivity index (χ4n) is 2.76. The first-order valence-corrected chi connectivity index (χ1v) is 7.84. The van der Waals surface area contributed by atoms with E-state index in [1.807, 2.05) is 11.4 Å². The van der Waals surface area contributed by atoms with Gasteiger partial charge < -0.3 is 10.4 Å². The number of carbonyl (C=O) groups is 2. The molecule has 0 bridgehead atoms. The van der Waals surface area contributed by atoms with Crippen LogP contribution in [0.2, 0.25) is 0 Å². The SMILES string of the molecule is CC(C)(CNC(=O)C1CCCC1C(=O)O)c1cccs1. The van der Waals surface area contributed by atoms with Crippen LogP contribution in [0.1, 0.15) is 38.0 Å². The average molecular weight is 295 g/mol. The molecule has 1 aliphatic rings. The van der Waals surface area contributed by atoms with Crippen molar-refractivity contribution in [1.82, 2.24) is 5.32 Å². The monoisotopic (exact) mass is 295 g/mol. The molecule has 0 spiro atoms. The van der Waals surface area contributed by atoms with E-state index in [0.717, 1.165) is 6.42 Å². The lowest BCUT2D eigenvalue weighted by atomic mass is 9.90. The molecule has 1 aromatic heterocycles. The maximum absolute atomic E-state index is 12.2. The molecule has 5 heteroatoms. The van der Waals surface area contributed by atoms with Gasteiger partial charge in [-0.2, -0.15) is 0 Å². The summed E-state index contributed by atoms with van der Waals surface area (Å²) in [6.07, 6.45) is 2.12. The number of aliphatic carboxylic acids is 1. The third-order valence-corrected chi connectivity index (χ3v) is 5.30. The van der Waals surface area contributed by atoms with Crippen LogP contribution in [0, 0.1) is 11.8 Å². The molecule has 1 heterocycles. The second-order valence-electron chi connectivity index (χ2n) is 6.06. The highest BCUT2D eigenvalue weighted by molar-refractivity contribution is 7.10. The van der Waals surface area contributed by atoms with E-state index in [1.54, 1.807) is 11.3 Å². The van der Waals surface area contributed by atoms with Crippen LogP contribution in [0.4, 0.5) is 0 Å². The number of thiophene rings is 1. The molecule has 0 aromatic carbocycles. The minimum atomic E-state index is -0.847. The predicted octanol–water partition coefficient (Wildman–Crippen LogP) is 2.64. The van der Waals surface area contributed by atoms with E-state index >= 15 is 0 Å². The van der Waals surface area contributed by atoms with Gasteiger partial charge in [-0.15, -0.1) is 11.3 Å². The number of carboxylic acids is 1. The van der Waals surface area contributed by atoms with Crippen LogP contribution in [-0.2, 0) is 15.0 Å². The van der Waals surface area contributed by atoms with Gasteiger partial charge in [-0.05, 0) is 24.3 Å². The Labute approximate surface area is 123 Å². The van der Waals surface area contributed by atoms with Gasteiger partial charge >= 0.3 is 5.97 Å². The summed E-state index contributed by atoms with van der Waals surface area (Å²) in [5.41, 5.74) is -0.124.